The maximum absolute atomic E-state index is 14.5. The molecule has 3 aliphatic rings. The number of amides is 3. The monoisotopic (exact) mass is 567 g/mol. The van der Waals surface area contributed by atoms with Gasteiger partial charge < -0.3 is 25.4 Å². The number of fused-ring (bicyclic) bond motifs is 1. The predicted octanol–water partition coefficient (Wildman–Crippen LogP) is 4.25. The fourth-order valence-corrected chi connectivity index (χ4v) is 7.54. The van der Waals surface area contributed by atoms with E-state index in [0.29, 0.717) is 30.6 Å². The Balaban J connectivity index is 1.41. The number of aliphatic hydroxyl groups excluding tert-OH is 1. The summed E-state index contributed by atoms with van der Waals surface area (Å²) in [5.41, 5.74) is 1.96. The van der Waals surface area contributed by atoms with Crippen LogP contribution < -0.4 is 10.6 Å². The number of para-hydroxylation sites is 2. The minimum absolute atomic E-state index is 0.303. The Morgan fingerprint density at radius 2 is 1.57 bits per heavy atom. The summed E-state index contributed by atoms with van der Waals surface area (Å²) in [6, 6.07) is 22.8. The molecule has 3 heterocycles. The van der Waals surface area contributed by atoms with Gasteiger partial charge in [0, 0.05) is 11.4 Å². The second kappa shape index (κ2) is 10.7. The number of carbonyl (C=O) groups excluding carboxylic acids is 3. The van der Waals surface area contributed by atoms with Crippen LogP contribution in [-0.2, 0) is 25.5 Å². The van der Waals surface area contributed by atoms with Crippen molar-refractivity contribution in [2.75, 3.05) is 17.2 Å². The van der Waals surface area contributed by atoms with Crippen molar-refractivity contribution in [2.24, 2.45) is 11.8 Å². The topological polar surface area (TPSA) is 108 Å². The van der Waals surface area contributed by atoms with Gasteiger partial charge in [0.15, 0.2) is 0 Å². The van der Waals surface area contributed by atoms with Crippen molar-refractivity contribution in [3.05, 3.63) is 95.6 Å². The van der Waals surface area contributed by atoms with E-state index in [1.54, 1.807) is 12.1 Å². The number of ether oxygens (including phenoxy) is 1. The summed E-state index contributed by atoms with van der Waals surface area (Å²) in [4.78, 5) is 44.3. The van der Waals surface area contributed by atoms with E-state index < -0.39 is 35.1 Å². The van der Waals surface area contributed by atoms with Crippen molar-refractivity contribution in [1.29, 1.82) is 0 Å². The van der Waals surface area contributed by atoms with Gasteiger partial charge >= 0.3 is 0 Å². The molecule has 42 heavy (non-hydrogen) atoms. The zero-order valence-electron chi connectivity index (χ0n) is 24.2. The molecule has 0 aliphatic carbocycles. The molecule has 218 valence electrons. The molecule has 3 aromatic rings. The van der Waals surface area contributed by atoms with Gasteiger partial charge in [-0.05, 0) is 68.9 Å². The molecule has 0 aromatic heterocycles. The molecular formula is C34H37N3O5. The fraction of sp³-hybridized carbons (Fsp3) is 0.382. The highest BCUT2D eigenvalue weighted by atomic mass is 16.5. The Labute approximate surface area is 246 Å². The maximum atomic E-state index is 14.5. The van der Waals surface area contributed by atoms with Crippen LogP contribution in [0.1, 0.15) is 36.5 Å². The first-order valence-corrected chi connectivity index (χ1v) is 14.6. The molecule has 3 aromatic carbocycles. The summed E-state index contributed by atoms with van der Waals surface area (Å²) < 4.78 is 6.75. The van der Waals surface area contributed by atoms with E-state index in [0.717, 1.165) is 16.7 Å². The number of nitrogens with zero attached hydrogens (tertiary/aromatic N) is 1. The lowest BCUT2D eigenvalue weighted by Crippen LogP contribution is -2.57. The molecule has 3 saturated heterocycles. The molecule has 6 atom stereocenters. The predicted molar refractivity (Wildman–Crippen MR) is 160 cm³/mol. The Morgan fingerprint density at radius 3 is 2.21 bits per heavy atom. The van der Waals surface area contributed by atoms with Gasteiger partial charge in [-0.1, -0.05) is 66.7 Å². The first-order chi connectivity index (χ1) is 20.2. The number of hydrogen-bond acceptors (Lipinski definition) is 5. The molecule has 6 rings (SSSR count). The molecule has 2 bridgehead atoms. The number of aliphatic hydroxyl groups is 1. The third-order valence-electron chi connectivity index (χ3n) is 9.43. The second-order valence-corrected chi connectivity index (χ2v) is 12.1. The largest absolute Gasteiger partial charge is 0.394 e. The molecule has 3 N–H and O–H groups in total. The first kappa shape index (κ1) is 28.1. The van der Waals surface area contributed by atoms with Crippen LogP contribution in [0.4, 0.5) is 11.4 Å². The van der Waals surface area contributed by atoms with E-state index in [9.17, 15) is 19.5 Å². The van der Waals surface area contributed by atoms with Crippen LogP contribution >= 0.6 is 0 Å². The molecule has 2 unspecified atom stereocenters. The summed E-state index contributed by atoms with van der Waals surface area (Å²) in [6.07, 6.45) is 1.35. The normalized spacial score (nSPS) is 28.4. The molecule has 1 spiro atoms. The SMILES string of the molecule is Cc1cccc(C)c1NC(=O)C1N([C@@H](CO)Cc2ccccc2)C(=O)[C@@H]2[C@H](C(=O)Nc3ccccc3)[C@]3(C)CCC12O3. The Hall–Kier alpha value is -4.01. The van der Waals surface area contributed by atoms with Crippen molar-refractivity contribution in [2.45, 2.75) is 63.3 Å². The number of benzene rings is 3. The lowest BCUT2D eigenvalue weighted by molar-refractivity contribution is -0.146. The quantitative estimate of drug-likeness (QED) is 0.377. The van der Waals surface area contributed by atoms with Crippen LogP contribution in [-0.4, -0.2) is 57.6 Å². The fourth-order valence-electron chi connectivity index (χ4n) is 7.54. The third kappa shape index (κ3) is 4.50. The van der Waals surface area contributed by atoms with E-state index in [1.165, 1.54) is 4.90 Å². The first-order valence-electron chi connectivity index (χ1n) is 14.6. The van der Waals surface area contributed by atoms with Crippen molar-refractivity contribution in [3.8, 4) is 0 Å². The van der Waals surface area contributed by atoms with Gasteiger partial charge in [-0.3, -0.25) is 14.4 Å². The molecule has 3 aliphatic heterocycles. The Kier molecular flexibility index (Phi) is 7.15. The molecule has 0 saturated carbocycles. The Bertz CT molecular complexity index is 1490. The molecule has 8 nitrogen and oxygen atoms in total. The van der Waals surface area contributed by atoms with Gasteiger partial charge in [-0.15, -0.1) is 0 Å². The van der Waals surface area contributed by atoms with E-state index in [2.05, 4.69) is 10.6 Å². The number of likely N-dealkylation sites (tertiary alicyclic amines) is 1. The molecule has 3 amide bonds. The number of anilines is 2. The second-order valence-electron chi connectivity index (χ2n) is 12.1. The highest BCUT2D eigenvalue weighted by Gasteiger charge is 2.78. The van der Waals surface area contributed by atoms with E-state index in [1.807, 2.05) is 87.5 Å². The van der Waals surface area contributed by atoms with E-state index in [-0.39, 0.29) is 24.3 Å². The van der Waals surface area contributed by atoms with E-state index in [4.69, 9.17) is 4.74 Å². The number of hydrogen-bond donors (Lipinski definition) is 3. The molecule has 8 heteroatoms. The van der Waals surface area contributed by atoms with Crippen LogP contribution in [0, 0.1) is 25.7 Å². The van der Waals surface area contributed by atoms with Gasteiger partial charge in [0.25, 0.3) is 0 Å². The number of rotatable bonds is 8. The Morgan fingerprint density at radius 1 is 0.929 bits per heavy atom. The molecular weight excluding hydrogens is 530 g/mol. The van der Waals surface area contributed by atoms with Gasteiger partial charge in [-0.25, -0.2) is 0 Å². The lowest BCUT2D eigenvalue weighted by atomic mass is 9.66. The van der Waals surface area contributed by atoms with Crippen LogP contribution in [0.5, 0.6) is 0 Å². The summed E-state index contributed by atoms with van der Waals surface area (Å²) in [6.45, 7) is 5.39. The van der Waals surface area contributed by atoms with Crippen LogP contribution in [0.3, 0.4) is 0 Å². The van der Waals surface area contributed by atoms with Crippen LogP contribution in [0.15, 0.2) is 78.9 Å². The van der Waals surface area contributed by atoms with Gasteiger partial charge in [0.1, 0.15) is 11.6 Å². The lowest BCUT2D eigenvalue weighted by Gasteiger charge is -2.37. The number of nitrogens with one attached hydrogen (secondary N) is 2. The van der Waals surface area contributed by atoms with E-state index >= 15 is 0 Å². The maximum Gasteiger partial charge on any atom is 0.250 e. The van der Waals surface area contributed by atoms with Crippen molar-refractivity contribution in [3.63, 3.8) is 0 Å². The average Bonchev–Trinajstić information content (AvgIpc) is 3.55. The minimum Gasteiger partial charge on any atom is -0.394 e. The standard InChI is InChI=1S/C34H37N3O5/c1-21-11-10-12-22(2)28(21)36-31(40)29-34-18-17-33(3,42-34)26(30(39)35-24-15-8-5-9-16-24)27(34)32(41)37(29)25(20-38)19-23-13-6-4-7-14-23/h4-16,25-27,29,38H,17-20H2,1-3H3,(H,35,39)(H,36,40)/t25-,26-,27+,29?,33+,34?/m1/s1. The number of aryl methyl sites for hydroxylation is 2. The minimum atomic E-state index is -1.20. The van der Waals surface area contributed by atoms with Crippen molar-refractivity contribution in [1.82, 2.24) is 4.90 Å². The van der Waals surface area contributed by atoms with Gasteiger partial charge in [-0.2, -0.15) is 0 Å². The summed E-state index contributed by atoms with van der Waals surface area (Å²) >= 11 is 0. The van der Waals surface area contributed by atoms with Gasteiger partial charge in [0.05, 0.1) is 30.1 Å². The zero-order valence-corrected chi connectivity index (χ0v) is 24.2. The summed E-state index contributed by atoms with van der Waals surface area (Å²) in [5.74, 6) is -2.66. The molecule has 0 radical (unpaired) electrons. The average molecular weight is 568 g/mol. The third-order valence-corrected chi connectivity index (χ3v) is 9.43. The van der Waals surface area contributed by atoms with Crippen LogP contribution in [0.25, 0.3) is 0 Å². The van der Waals surface area contributed by atoms with Crippen molar-refractivity contribution >= 4 is 29.1 Å². The molecule has 3 fully saturated rings. The zero-order chi connectivity index (χ0) is 29.6. The smallest absolute Gasteiger partial charge is 0.250 e. The summed E-state index contributed by atoms with van der Waals surface area (Å²) in [7, 11) is 0. The highest BCUT2D eigenvalue weighted by molar-refractivity contribution is 6.05. The van der Waals surface area contributed by atoms with Crippen LogP contribution in [0.2, 0.25) is 0 Å². The van der Waals surface area contributed by atoms with Crippen molar-refractivity contribution < 1.29 is 24.2 Å². The summed E-state index contributed by atoms with van der Waals surface area (Å²) in [5, 5.41) is 16.7. The highest BCUT2D eigenvalue weighted by Crippen LogP contribution is 2.63. The van der Waals surface area contributed by atoms with Gasteiger partial charge in [0.2, 0.25) is 17.7 Å². The number of carbonyl (C=O) groups is 3.